The van der Waals surface area contributed by atoms with Gasteiger partial charge in [-0.2, -0.15) is 0 Å². The molecule has 2 nitrogen and oxygen atoms in total. The van der Waals surface area contributed by atoms with Gasteiger partial charge in [0.25, 0.3) is 5.92 Å². The summed E-state index contributed by atoms with van der Waals surface area (Å²) in [4.78, 5) is 0.171. The Morgan fingerprint density at radius 3 is 2.40 bits per heavy atom. The zero-order chi connectivity index (χ0) is 14.8. The molecule has 106 valence electrons. The first-order valence-corrected chi connectivity index (χ1v) is 7.46. The maximum absolute atomic E-state index is 14.0. The number of rotatable bonds is 4. The van der Waals surface area contributed by atoms with E-state index < -0.39 is 22.5 Å². The lowest BCUT2D eigenvalue weighted by atomic mass is 10.1. The lowest BCUT2D eigenvalue weighted by Crippen LogP contribution is -2.22. The first-order chi connectivity index (χ1) is 9.40. The van der Waals surface area contributed by atoms with E-state index in [0.717, 1.165) is 0 Å². The number of halogens is 3. The zero-order valence-corrected chi connectivity index (χ0v) is 11.9. The van der Waals surface area contributed by atoms with Crippen molar-refractivity contribution in [1.29, 1.82) is 0 Å². The maximum Gasteiger partial charge on any atom is 0.284 e. The second kappa shape index (κ2) is 5.89. The number of hydrogen-bond acceptors (Lipinski definition) is 2. The summed E-state index contributed by atoms with van der Waals surface area (Å²) in [5.41, 5.74) is 5.64. The molecule has 0 saturated heterocycles. The molecular weight excluding hydrogens is 304 g/mol. The molecule has 20 heavy (non-hydrogen) atoms. The van der Waals surface area contributed by atoms with Gasteiger partial charge in [0.15, 0.2) is 0 Å². The van der Waals surface area contributed by atoms with Crippen LogP contribution in [0.3, 0.4) is 0 Å². The predicted octanol–water partition coefficient (Wildman–Crippen LogP) is 3.82. The zero-order valence-electron chi connectivity index (χ0n) is 10.4. The van der Waals surface area contributed by atoms with Crippen molar-refractivity contribution in [3.63, 3.8) is 0 Å². The van der Waals surface area contributed by atoms with E-state index in [9.17, 15) is 13.0 Å². The molecule has 2 rings (SSSR count). The second-order valence-electron chi connectivity index (χ2n) is 4.24. The number of hydrogen-bond donors (Lipinski definition) is 1. The third-order valence-electron chi connectivity index (χ3n) is 2.73. The van der Waals surface area contributed by atoms with Crippen LogP contribution in [0.15, 0.2) is 53.4 Å². The van der Waals surface area contributed by atoms with Gasteiger partial charge in [0.2, 0.25) is 0 Å². The largest absolute Gasteiger partial charge is 0.398 e. The Hall–Kier alpha value is -1.46. The smallest absolute Gasteiger partial charge is 0.284 e. The van der Waals surface area contributed by atoms with Gasteiger partial charge in [0.1, 0.15) is 0 Å². The highest BCUT2D eigenvalue weighted by Gasteiger charge is 2.34. The quantitative estimate of drug-likeness (QED) is 0.872. The third-order valence-corrected chi connectivity index (χ3v) is 4.45. The van der Waals surface area contributed by atoms with Gasteiger partial charge >= 0.3 is 0 Å². The molecule has 0 fully saturated rings. The fourth-order valence-electron chi connectivity index (χ4n) is 1.73. The second-order valence-corrected chi connectivity index (χ2v) is 6.10. The van der Waals surface area contributed by atoms with Gasteiger partial charge in [-0.25, -0.2) is 8.78 Å². The molecule has 1 unspecified atom stereocenters. The average molecular weight is 316 g/mol. The molecule has 0 saturated carbocycles. The SMILES string of the molecule is Nc1cc(Cl)ccc1S(=O)CC(F)(F)c1ccccc1. The predicted molar refractivity (Wildman–Crippen MR) is 77.5 cm³/mol. The van der Waals surface area contributed by atoms with Crippen LogP contribution in [-0.2, 0) is 16.7 Å². The van der Waals surface area contributed by atoms with Crippen molar-refractivity contribution in [2.45, 2.75) is 10.8 Å². The molecule has 0 radical (unpaired) electrons. The Balaban J connectivity index is 2.23. The van der Waals surface area contributed by atoms with E-state index in [4.69, 9.17) is 17.3 Å². The summed E-state index contributed by atoms with van der Waals surface area (Å²) in [6.45, 7) is 0. The molecule has 0 spiro atoms. The summed E-state index contributed by atoms with van der Waals surface area (Å²) >= 11 is 5.72. The summed E-state index contributed by atoms with van der Waals surface area (Å²) in [6.07, 6.45) is 0. The molecular formula is C14H12ClF2NOS. The van der Waals surface area contributed by atoms with Crippen molar-refractivity contribution in [1.82, 2.24) is 0 Å². The van der Waals surface area contributed by atoms with Crippen molar-refractivity contribution in [2.75, 3.05) is 11.5 Å². The van der Waals surface area contributed by atoms with Crippen LogP contribution in [0.2, 0.25) is 5.02 Å². The first-order valence-electron chi connectivity index (χ1n) is 5.77. The standard InChI is InChI=1S/C14H12ClF2NOS/c15-11-6-7-13(12(18)8-11)20(19)9-14(16,17)10-4-2-1-3-5-10/h1-8H,9,18H2. The molecule has 0 aliphatic carbocycles. The summed E-state index contributed by atoms with van der Waals surface area (Å²) < 4.78 is 40.2. The Kier molecular flexibility index (Phi) is 4.40. The molecule has 0 heterocycles. The average Bonchev–Trinajstić information content (AvgIpc) is 2.39. The number of nitrogens with two attached hydrogens (primary N) is 1. The van der Waals surface area contributed by atoms with Crippen LogP contribution in [-0.4, -0.2) is 9.96 Å². The lowest BCUT2D eigenvalue weighted by Gasteiger charge is -2.16. The van der Waals surface area contributed by atoms with Gasteiger partial charge < -0.3 is 5.73 Å². The molecule has 2 aromatic rings. The van der Waals surface area contributed by atoms with Crippen LogP contribution in [0.4, 0.5) is 14.5 Å². The van der Waals surface area contributed by atoms with Gasteiger partial charge in [-0.05, 0) is 18.2 Å². The van der Waals surface area contributed by atoms with E-state index in [1.165, 1.54) is 42.5 Å². The summed E-state index contributed by atoms with van der Waals surface area (Å²) in [6, 6.07) is 11.6. The number of nitrogen functional groups attached to an aromatic ring is 1. The molecule has 0 aliphatic rings. The van der Waals surface area contributed by atoms with E-state index in [1.807, 2.05) is 0 Å². The topological polar surface area (TPSA) is 43.1 Å². The number of benzene rings is 2. The van der Waals surface area contributed by atoms with Gasteiger partial charge in [-0.1, -0.05) is 41.9 Å². The van der Waals surface area contributed by atoms with E-state index in [-0.39, 0.29) is 16.1 Å². The van der Waals surface area contributed by atoms with E-state index in [2.05, 4.69) is 0 Å². The van der Waals surface area contributed by atoms with E-state index >= 15 is 0 Å². The van der Waals surface area contributed by atoms with E-state index in [1.54, 1.807) is 6.07 Å². The Morgan fingerprint density at radius 1 is 1.15 bits per heavy atom. The number of anilines is 1. The van der Waals surface area contributed by atoms with Crippen molar-refractivity contribution in [3.8, 4) is 0 Å². The van der Waals surface area contributed by atoms with Gasteiger partial charge in [-0.3, -0.25) is 4.21 Å². The summed E-state index contributed by atoms with van der Waals surface area (Å²) in [5.74, 6) is -4.00. The highest BCUT2D eigenvalue weighted by atomic mass is 35.5. The van der Waals surface area contributed by atoms with Gasteiger partial charge in [0.05, 0.1) is 21.4 Å². The molecule has 1 atom stereocenters. The third kappa shape index (κ3) is 3.35. The van der Waals surface area contributed by atoms with Crippen molar-refractivity contribution < 1.29 is 13.0 Å². The molecule has 2 aromatic carbocycles. The Morgan fingerprint density at radius 2 is 1.80 bits per heavy atom. The van der Waals surface area contributed by atoms with Crippen LogP contribution in [0.5, 0.6) is 0 Å². The van der Waals surface area contributed by atoms with Gasteiger partial charge in [0, 0.05) is 16.3 Å². The minimum atomic E-state index is -3.18. The summed E-state index contributed by atoms with van der Waals surface area (Å²) in [5, 5.41) is 0.373. The molecule has 0 aromatic heterocycles. The molecule has 6 heteroatoms. The monoisotopic (exact) mass is 315 g/mol. The molecule has 0 amide bonds. The summed E-state index contributed by atoms with van der Waals surface area (Å²) in [7, 11) is -1.91. The normalized spacial score (nSPS) is 13.2. The van der Waals surface area contributed by atoms with Crippen LogP contribution in [0, 0.1) is 0 Å². The fraction of sp³-hybridized carbons (Fsp3) is 0.143. The van der Waals surface area contributed by atoms with Crippen LogP contribution < -0.4 is 5.73 Å². The first kappa shape index (κ1) is 14.9. The minimum absolute atomic E-state index is 0.152. The molecule has 0 aliphatic heterocycles. The van der Waals surface area contributed by atoms with Crippen molar-refractivity contribution in [2.24, 2.45) is 0 Å². The lowest BCUT2D eigenvalue weighted by molar-refractivity contribution is 0.0222. The van der Waals surface area contributed by atoms with Crippen LogP contribution in [0.25, 0.3) is 0 Å². The van der Waals surface area contributed by atoms with Crippen LogP contribution in [0.1, 0.15) is 5.56 Å². The fourth-order valence-corrected chi connectivity index (χ4v) is 3.11. The Labute approximate surface area is 123 Å². The van der Waals surface area contributed by atoms with Crippen LogP contribution >= 0.6 is 11.6 Å². The van der Waals surface area contributed by atoms with E-state index in [0.29, 0.717) is 5.02 Å². The van der Waals surface area contributed by atoms with Crippen molar-refractivity contribution in [3.05, 3.63) is 59.1 Å². The highest BCUT2D eigenvalue weighted by Crippen LogP contribution is 2.31. The highest BCUT2D eigenvalue weighted by molar-refractivity contribution is 7.85. The number of alkyl halides is 2. The van der Waals surface area contributed by atoms with Crippen molar-refractivity contribution >= 4 is 28.1 Å². The molecule has 0 bridgehead atoms. The molecule has 2 N–H and O–H groups in total. The Bertz CT molecular complexity index is 634. The maximum atomic E-state index is 14.0. The minimum Gasteiger partial charge on any atom is -0.398 e. The van der Waals surface area contributed by atoms with Gasteiger partial charge in [-0.15, -0.1) is 0 Å².